The molecule has 20 heavy (non-hydrogen) atoms. The van der Waals surface area contributed by atoms with Crippen molar-refractivity contribution in [2.45, 2.75) is 77.7 Å². The summed E-state index contributed by atoms with van der Waals surface area (Å²) in [5.74, 6) is 1.20. The number of hydrogen-bond acceptors (Lipinski definition) is 2. The van der Waals surface area contributed by atoms with Gasteiger partial charge in [-0.2, -0.15) is 0 Å². The van der Waals surface area contributed by atoms with Crippen molar-refractivity contribution in [2.24, 2.45) is 7.05 Å². The maximum Gasteiger partial charge on any atom is 0.108 e. The van der Waals surface area contributed by atoms with Crippen molar-refractivity contribution in [1.82, 2.24) is 14.9 Å². The SMILES string of the molecule is CCCCCCCCC(CCc1nccn1C)NCC. The lowest BCUT2D eigenvalue weighted by Crippen LogP contribution is -2.29. The predicted octanol–water partition coefficient (Wildman–Crippen LogP) is 4.08. The van der Waals surface area contributed by atoms with Crippen molar-refractivity contribution >= 4 is 0 Å². The van der Waals surface area contributed by atoms with E-state index in [0.29, 0.717) is 6.04 Å². The number of nitrogens with zero attached hydrogens (tertiary/aromatic N) is 2. The van der Waals surface area contributed by atoms with E-state index in [1.807, 2.05) is 12.4 Å². The van der Waals surface area contributed by atoms with E-state index in [9.17, 15) is 0 Å². The molecule has 3 nitrogen and oxygen atoms in total. The Bertz CT molecular complexity index is 333. The Hall–Kier alpha value is -0.830. The van der Waals surface area contributed by atoms with Crippen LogP contribution in [0, 0.1) is 0 Å². The first-order valence-corrected chi connectivity index (χ1v) is 8.47. The molecule has 0 aliphatic heterocycles. The number of hydrogen-bond donors (Lipinski definition) is 1. The van der Waals surface area contributed by atoms with Gasteiger partial charge in [-0.25, -0.2) is 4.98 Å². The van der Waals surface area contributed by atoms with Crippen LogP contribution in [-0.2, 0) is 13.5 Å². The van der Waals surface area contributed by atoms with Crippen molar-refractivity contribution in [2.75, 3.05) is 6.54 Å². The summed E-state index contributed by atoms with van der Waals surface area (Å²) in [6, 6.07) is 0.655. The van der Waals surface area contributed by atoms with Gasteiger partial charge in [0.05, 0.1) is 0 Å². The Morgan fingerprint density at radius 1 is 1.10 bits per heavy atom. The quantitative estimate of drug-likeness (QED) is 0.584. The third kappa shape index (κ3) is 7.09. The summed E-state index contributed by atoms with van der Waals surface area (Å²) in [5, 5.41) is 3.63. The summed E-state index contributed by atoms with van der Waals surface area (Å²) in [5.41, 5.74) is 0. The molecular weight excluding hydrogens is 246 g/mol. The minimum absolute atomic E-state index is 0.655. The van der Waals surface area contributed by atoms with Crippen LogP contribution >= 0.6 is 0 Å². The van der Waals surface area contributed by atoms with Crippen molar-refractivity contribution in [1.29, 1.82) is 0 Å². The fraction of sp³-hybridized carbons (Fsp3) is 0.824. The monoisotopic (exact) mass is 279 g/mol. The maximum atomic E-state index is 4.41. The van der Waals surface area contributed by atoms with E-state index in [0.717, 1.165) is 13.0 Å². The van der Waals surface area contributed by atoms with Gasteiger partial charge in [-0.3, -0.25) is 0 Å². The molecule has 1 aromatic heterocycles. The predicted molar refractivity (Wildman–Crippen MR) is 87.0 cm³/mol. The van der Waals surface area contributed by atoms with Gasteiger partial charge >= 0.3 is 0 Å². The van der Waals surface area contributed by atoms with Crippen LogP contribution in [0.2, 0.25) is 0 Å². The fourth-order valence-corrected chi connectivity index (χ4v) is 2.75. The van der Waals surface area contributed by atoms with Crippen LogP contribution in [0.3, 0.4) is 0 Å². The van der Waals surface area contributed by atoms with Gasteiger partial charge in [0, 0.05) is 31.9 Å². The Kier molecular flexibility index (Phi) is 9.38. The summed E-state index contributed by atoms with van der Waals surface area (Å²) in [6.45, 7) is 5.55. The molecule has 1 N–H and O–H groups in total. The van der Waals surface area contributed by atoms with Crippen LogP contribution in [0.1, 0.15) is 71.0 Å². The highest BCUT2D eigenvalue weighted by atomic mass is 15.0. The molecule has 1 aromatic rings. The van der Waals surface area contributed by atoms with Gasteiger partial charge in [-0.1, -0.05) is 52.4 Å². The van der Waals surface area contributed by atoms with E-state index >= 15 is 0 Å². The molecule has 1 unspecified atom stereocenters. The fourth-order valence-electron chi connectivity index (χ4n) is 2.75. The highest BCUT2D eigenvalue weighted by Gasteiger charge is 2.09. The molecule has 0 saturated carbocycles. The van der Waals surface area contributed by atoms with Crippen molar-refractivity contribution in [3.63, 3.8) is 0 Å². The van der Waals surface area contributed by atoms with Gasteiger partial charge in [-0.15, -0.1) is 0 Å². The topological polar surface area (TPSA) is 29.9 Å². The van der Waals surface area contributed by atoms with E-state index in [2.05, 4.69) is 35.8 Å². The molecule has 116 valence electrons. The standard InChI is InChI=1S/C17H33N3/c1-4-6-7-8-9-10-11-16(18-5-2)12-13-17-19-14-15-20(17)3/h14-16,18H,4-13H2,1-3H3. The average molecular weight is 279 g/mol. The molecular formula is C17H33N3. The highest BCUT2D eigenvalue weighted by Crippen LogP contribution is 2.12. The normalized spacial score (nSPS) is 12.8. The van der Waals surface area contributed by atoms with E-state index in [-0.39, 0.29) is 0 Å². The largest absolute Gasteiger partial charge is 0.338 e. The molecule has 1 rings (SSSR count). The van der Waals surface area contributed by atoms with Crippen molar-refractivity contribution in [3.8, 4) is 0 Å². The van der Waals surface area contributed by atoms with Gasteiger partial charge in [0.25, 0.3) is 0 Å². The molecule has 0 amide bonds. The lowest BCUT2D eigenvalue weighted by atomic mass is 10.0. The number of aromatic nitrogens is 2. The van der Waals surface area contributed by atoms with Crippen molar-refractivity contribution < 1.29 is 0 Å². The van der Waals surface area contributed by atoms with Crippen LogP contribution < -0.4 is 5.32 Å². The van der Waals surface area contributed by atoms with E-state index < -0.39 is 0 Å². The zero-order chi connectivity index (χ0) is 14.6. The summed E-state index contributed by atoms with van der Waals surface area (Å²) in [6.07, 6.45) is 15.8. The summed E-state index contributed by atoms with van der Waals surface area (Å²) in [7, 11) is 2.08. The first-order valence-electron chi connectivity index (χ1n) is 8.47. The van der Waals surface area contributed by atoms with E-state index in [1.54, 1.807) is 0 Å². The van der Waals surface area contributed by atoms with Crippen LogP contribution in [0.25, 0.3) is 0 Å². The Labute approximate surface area is 125 Å². The minimum atomic E-state index is 0.655. The smallest absolute Gasteiger partial charge is 0.108 e. The third-order valence-corrected chi connectivity index (χ3v) is 4.04. The maximum absolute atomic E-state index is 4.41. The van der Waals surface area contributed by atoms with Gasteiger partial charge in [-0.05, 0) is 19.4 Å². The first-order chi connectivity index (χ1) is 9.77. The van der Waals surface area contributed by atoms with Gasteiger partial charge in [0.1, 0.15) is 5.82 Å². The minimum Gasteiger partial charge on any atom is -0.338 e. The molecule has 0 spiro atoms. The van der Waals surface area contributed by atoms with Crippen LogP contribution in [0.15, 0.2) is 12.4 Å². The molecule has 3 heteroatoms. The lowest BCUT2D eigenvalue weighted by molar-refractivity contribution is 0.434. The number of nitrogens with one attached hydrogen (secondary N) is 1. The molecule has 0 radical (unpaired) electrons. The molecule has 0 aromatic carbocycles. The first kappa shape index (κ1) is 17.2. The number of unbranched alkanes of at least 4 members (excludes halogenated alkanes) is 5. The summed E-state index contributed by atoms with van der Waals surface area (Å²) in [4.78, 5) is 4.41. The van der Waals surface area contributed by atoms with E-state index in [1.165, 1.54) is 57.2 Å². The van der Waals surface area contributed by atoms with Gasteiger partial charge in [0.2, 0.25) is 0 Å². The van der Waals surface area contributed by atoms with E-state index in [4.69, 9.17) is 0 Å². The van der Waals surface area contributed by atoms with Gasteiger partial charge in [0.15, 0.2) is 0 Å². The second kappa shape index (κ2) is 10.9. The summed E-state index contributed by atoms with van der Waals surface area (Å²) < 4.78 is 2.13. The second-order valence-electron chi connectivity index (χ2n) is 5.80. The Balaban J connectivity index is 2.17. The summed E-state index contributed by atoms with van der Waals surface area (Å²) >= 11 is 0. The molecule has 0 fully saturated rings. The Morgan fingerprint density at radius 3 is 2.50 bits per heavy atom. The molecule has 0 aliphatic rings. The molecule has 0 bridgehead atoms. The van der Waals surface area contributed by atoms with Crippen LogP contribution in [-0.4, -0.2) is 22.1 Å². The number of aryl methyl sites for hydroxylation is 2. The number of imidazole rings is 1. The van der Waals surface area contributed by atoms with Gasteiger partial charge < -0.3 is 9.88 Å². The van der Waals surface area contributed by atoms with Crippen LogP contribution in [0.5, 0.6) is 0 Å². The molecule has 1 heterocycles. The highest BCUT2D eigenvalue weighted by molar-refractivity contribution is 4.92. The number of rotatable bonds is 12. The zero-order valence-electron chi connectivity index (χ0n) is 13.7. The van der Waals surface area contributed by atoms with Crippen LogP contribution in [0.4, 0.5) is 0 Å². The average Bonchev–Trinajstić information content (AvgIpc) is 2.85. The second-order valence-corrected chi connectivity index (χ2v) is 5.80. The zero-order valence-corrected chi connectivity index (χ0v) is 13.7. The third-order valence-electron chi connectivity index (χ3n) is 4.04. The molecule has 1 atom stereocenters. The lowest BCUT2D eigenvalue weighted by Gasteiger charge is -2.17. The molecule has 0 aliphatic carbocycles. The Morgan fingerprint density at radius 2 is 1.85 bits per heavy atom. The molecule has 0 saturated heterocycles. The van der Waals surface area contributed by atoms with Crippen molar-refractivity contribution in [3.05, 3.63) is 18.2 Å².